The quantitative estimate of drug-likeness (QED) is 0.476. The van der Waals surface area contributed by atoms with E-state index in [9.17, 15) is 10.2 Å². The number of likely N-dealkylation sites (tertiary alicyclic amines) is 1. The lowest BCUT2D eigenvalue weighted by Crippen LogP contribution is -2.51. The molecule has 1 saturated heterocycles. The predicted molar refractivity (Wildman–Crippen MR) is 64.4 cm³/mol. The van der Waals surface area contributed by atoms with Gasteiger partial charge in [-0.1, -0.05) is 30.9 Å². The molecule has 1 aliphatic heterocycles. The molecule has 16 heavy (non-hydrogen) atoms. The van der Waals surface area contributed by atoms with E-state index in [4.69, 9.17) is 5.73 Å². The molecular formula is C12H20N2O2. The van der Waals surface area contributed by atoms with E-state index in [1.54, 1.807) is 29.2 Å². The van der Waals surface area contributed by atoms with E-state index in [2.05, 4.69) is 6.58 Å². The summed E-state index contributed by atoms with van der Waals surface area (Å²) in [4.78, 5) is 1.58. The highest BCUT2D eigenvalue weighted by Crippen LogP contribution is 2.23. The first-order chi connectivity index (χ1) is 7.49. The minimum absolute atomic E-state index is 0.00390. The summed E-state index contributed by atoms with van der Waals surface area (Å²) < 4.78 is 0. The van der Waals surface area contributed by atoms with Gasteiger partial charge in [0, 0.05) is 18.6 Å². The van der Waals surface area contributed by atoms with Crippen LogP contribution in [0, 0.1) is 0 Å². The number of hydrogen-bond acceptors (Lipinski definition) is 4. The highest BCUT2D eigenvalue weighted by Gasteiger charge is 2.39. The van der Waals surface area contributed by atoms with Gasteiger partial charge in [0.05, 0.1) is 0 Å². The zero-order chi connectivity index (χ0) is 12.2. The van der Waals surface area contributed by atoms with Gasteiger partial charge in [0.15, 0.2) is 0 Å². The van der Waals surface area contributed by atoms with Crippen LogP contribution in [0.3, 0.4) is 0 Å². The zero-order valence-corrected chi connectivity index (χ0v) is 9.58. The minimum atomic E-state index is -1.93. The van der Waals surface area contributed by atoms with Gasteiger partial charge in [-0.05, 0) is 19.4 Å². The van der Waals surface area contributed by atoms with Crippen molar-refractivity contribution in [1.29, 1.82) is 0 Å². The predicted octanol–water partition coefficient (Wildman–Crippen LogP) is 0.345. The summed E-state index contributed by atoms with van der Waals surface area (Å²) >= 11 is 0. The van der Waals surface area contributed by atoms with E-state index < -0.39 is 5.91 Å². The summed E-state index contributed by atoms with van der Waals surface area (Å²) in [7, 11) is 0. The highest BCUT2D eigenvalue weighted by atomic mass is 16.5. The van der Waals surface area contributed by atoms with Crippen LogP contribution in [0.4, 0.5) is 0 Å². The third-order valence-corrected chi connectivity index (χ3v) is 2.92. The van der Waals surface area contributed by atoms with Crippen LogP contribution in [0.15, 0.2) is 37.0 Å². The van der Waals surface area contributed by atoms with Crippen molar-refractivity contribution in [1.82, 2.24) is 4.90 Å². The molecule has 0 bridgehead atoms. The van der Waals surface area contributed by atoms with E-state index >= 15 is 0 Å². The molecule has 4 N–H and O–H groups in total. The second-order valence-corrected chi connectivity index (χ2v) is 4.05. The first-order valence-electron chi connectivity index (χ1n) is 5.43. The Morgan fingerprint density at radius 2 is 2.06 bits per heavy atom. The molecule has 90 valence electrons. The lowest BCUT2D eigenvalue weighted by atomic mass is 10.1. The molecule has 1 aliphatic rings. The Bertz CT molecular complexity index is 297. The van der Waals surface area contributed by atoms with E-state index in [0.29, 0.717) is 6.54 Å². The molecule has 4 heteroatoms. The molecule has 1 fully saturated rings. The summed E-state index contributed by atoms with van der Waals surface area (Å²) in [6.07, 6.45) is 8.72. The molecule has 0 spiro atoms. The third kappa shape index (κ3) is 3.02. The lowest BCUT2D eigenvalue weighted by molar-refractivity contribution is -0.229. The SMILES string of the molecule is C=C/C=C\C=C\C(O)(O)N1CCC(N)C1C. The monoisotopic (exact) mass is 224 g/mol. The molecule has 0 saturated carbocycles. The van der Waals surface area contributed by atoms with Crippen LogP contribution < -0.4 is 5.73 Å². The Morgan fingerprint density at radius 3 is 2.56 bits per heavy atom. The van der Waals surface area contributed by atoms with Crippen molar-refractivity contribution in [3.63, 3.8) is 0 Å². The second-order valence-electron chi connectivity index (χ2n) is 4.05. The lowest BCUT2D eigenvalue weighted by Gasteiger charge is -2.33. The van der Waals surface area contributed by atoms with Crippen LogP contribution in [-0.2, 0) is 0 Å². The van der Waals surface area contributed by atoms with Crippen molar-refractivity contribution in [2.24, 2.45) is 5.73 Å². The molecule has 0 radical (unpaired) electrons. The van der Waals surface area contributed by atoms with Crippen molar-refractivity contribution in [2.45, 2.75) is 31.3 Å². The Kier molecular flexibility index (Phi) is 4.44. The van der Waals surface area contributed by atoms with Gasteiger partial charge in [-0.25, -0.2) is 4.90 Å². The normalized spacial score (nSPS) is 28.2. The fourth-order valence-electron chi connectivity index (χ4n) is 1.85. The van der Waals surface area contributed by atoms with E-state index in [0.717, 1.165) is 6.42 Å². The fraction of sp³-hybridized carbons (Fsp3) is 0.500. The molecule has 2 atom stereocenters. The minimum Gasteiger partial charge on any atom is -0.350 e. The molecule has 0 aliphatic carbocycles. The summed E-state index contributed by atoms with van der Waals surface area (Å²) in [6.45, 7) is 6.00. The van der Waals surface area contributed by atoms with E-state index in [-0.39, 0.29) is 12.1 Å². The third-order valence-electron chi connectivity index (χ3n) is 2.92. The average molecular weight is 224 g/mol. The van der Waals surface area contributed by atoms with Crippen LogP contribution in [0.5, 0.6) is 0 Å². The molecule has 1 rings (SSSR count). The first kappa shape index (κ1) is 13.1. The Balaban J connectivity index is 2.66. The summed E-state index contributed by atoms with van der Waals surface area (Å²) in [5.74, 6) is -1.93. The van der Waals surface area contributed by atoms with E-state index in [1.807, 2.05) is 6.92 Å². The van der Waals surface area contributed by atoms with Crippen molar-refractivity contribution in [3.8, 4) is 0 Å². The maximum absolute atomic E-state index is 9.88. The Morgan fingerprint density at radius 1 is 1.38 bits per heavy atom. The molecular weight excluding hydrogens is 204 g/mol. The number of allylic oxidation sites excluding steroid dienone is 4. The average Bonchev–Trinajstić information content (AvgIpc) is 2.55. The van der Waals surface area contributed by atoms with Crippen LogP contribution in [0.25, 0.3) is 0 Å². The molecule has 0 amide bonds. The van der Waals surface area contributed by atoms with Gasteiger partial charge < -0.3 is 15.9 Å². The number of rotatable bonds is 4. The maximum atomic E-state index is 9.88. The van der Waals surface area contributed by atoms with Gasteiger partial charge in [0.25, 0.3) is 0 Å². The van der Waals surface area contributed by atoms with Crippen LogP contribution in [0.1, 0.15) is 13.3 Å². The molecule has 0 aromatic carbocycles. The number of nitrogens with zero attached hydrogens (tertiary/aromatic N) is 1. The fourth-order valence-corrected chi connectivity index (χ4v) is 1.85. The van der Waals surface area contributed by atoms with Gasteiger partial charge in [0.2, 0.25) is 5.91 Å². The van der Waals surface area contributed by atoms with Gasteiger partial charge in [-0.2, -0.15) is 0 Å². The van der Waals surface area contributed by atoms with Crippen molar-refractivity contribution in [2.75, 3.05) is 6.54 Å². The molecule has 2 unspecified atom stereocenters. The topological polar surface area (TPSA) is 69.7 Å². The number of nitrogens with two attached hydrogens (primary N) is 1. The standard InChI is InChI=1S/C12H20N2O2/c1-3-4-5-6-8-12(15,16)14-9-7-11(13)10(14)2/h3-6,8,10-11,15-16H,1,7,9,13H2,2H3/b5-4-,8-6+. The Hall–Kier alpha value is -0.940. The van der Waals surface area contributed by atoms with Gasteiger partial charge in [-0.15, -0.1) is 0 Å². The summed E-state index contributed by atoms with van der Waals surface area (Å²) in [5.41, 5.74) is 5.83. The highest BCUT2D eigenvalue weighted by molar-refractivity contribution is 5.12. The van der Waals surface area contributed by atoms with Crippen molar-refractivity contribution >= 4 is 0 Å². The molecule has 0 aromatic heterocycles. The maximum Gasteiger partial charge on any atom is 0.246 e. The first-order valence-corrected chi connectivity index (χ1v) is 5.43. The van der Waals surface area contributed by atoms with Crippen LogP contribution >= 0.6 is 0 Å². The molecule has 0 aromatic rings. The van der Waals surface area contributed by atoms with Gasteiger partial charge >= 0.3 is 0 Å². The second kappa shape index (κ2) is 5.41. The molecule has 1 heterocycles. The van der Waals surface area contributed by atoms with E-state index in [1.165, 1.54) is 6.08 Å². The summed E-state index contributed by atoms with van der Waals surface area (Å²) in [5, 5.41) is 19.8. The zero-order valence-electron chi connectivity index (χ0n) is 9.58. The van der Waals surface area contributed by atoms with Crippen molar-refractivity contribution in [3.05, 3.63) is 37.0 Å². The van der Waals surface area contributed by atoms with Crippen LogP contribution in [-0.4, -0.2) is 39.7 Å². The largest absolute Gasteiger partial charge is 0.350 e. The number of aliphatic hydroxyl groups is 2. The smallest absolute Gasteiger partial charge is 0.246 e. The number of hydrogen-bond donors (Lipinski definition) is 3. The van der Waals surface area contributed by atoms with Gasteiger partial charge in [0.1, 0.15) is 0 Å². The van der Waals surface area contributed by atoms with Gasteiger partial charge in [-0.3, -0.25) is 0 Å². The van der Waals surface area contributed by atoms with Crippen LogP contribution in [0.2, 0.25) is 0 Å². The Labute approximate surface area is 96.4 Å². The molecule has 4 nitrogen and oxygen atoms in total. The van der Waals surface area contributed by atoms with Crippen molar-refractivity contribution < 1.29 is 10.2 Å². The summed E-state index contributed by atoms with van der Waals surface area (Å²) in [6, 6.07) is -0.0428.